The van der Waals surface area contributed by atoms with E-state index in [4.69, 9.17) is 0 Å². The Kier molecular flexibility index (Phi) is 2.92. The van der Waals surface area contributed by atoms with Gasteiger partial charge in [-0.25, -0.2) is 0 Å². The highest BCUT2D eigenvalue weighted by atomic mass is 16.2. The van der Waals surface area contributed by atoms with Crippen molar-refractivity contribution in [1.82, 2.24) is 0 Å². The lowest BCUT2D eigenvalue weighted by Gasteiger charge is -2.41. The first kappa shape index (κ1) is 14.9. The molecule has 0 fully saturated rings. The van der Waals surface area contributed by atoms with Gasteiger partial charge in [-0.3, -0.25) is 19.2 Å². The van der Waals surface area contributed by atoms with Crippen molar-refractivity contribution in [3.63, 3.8) is 0 Å². The second-order valence-electron chi connectivity index (χ2n) is 7.00. The molecule has 0 N–H and O–H groups in total. The second-order valence-corrected chi connectivity index (χ2v) is 7.00. The molecule has 4 rings (SSSR count). The fourth-order valence-electron chi connectivity index (χ4n) is 4.36. The van der Waals surface area contributed by atoms with Crippen molar-refractivity contribution in [2.75, 3.05) is 0 Å². The van der Waals surface area contributed by atoms with E-state index in [-0.39, 0.29) is 22.7 Å². The molecule has 1 aromatic rings. The third-order valence-corrected chi connectivity index (χ3v) is 5.55. The molecule has 0 amide bonds. The van der Waals surface area contributed by atoms with Crippen LogP contribution in [0, 0.1) is 0 Å². The van der Waals surface area contributed by atoms with Crippen molar-refractivity contribution in [1.29, 1.82) is 0 Å². The SMILES string of the molecule is CC1=C2C(=O)C(=O)c3cc4c(cc3C2(C)CCC1)C(=O)C=CC4=O. The number of hydrogen-bond donors (Lipinski definition) is 0. The highest BCUT2D eigenvalue weighted by Gasteiger charge is 2.47. The Bertz CT molecular complexity index is 929. The summed E-state index contributed by atoms with van der Waals surface area (Å²) in [6.07, 6.45) is 4.96. The van der Waals surface area contributed by atoms with Gasteiger partial charge in [-0.05, 0) is 56.0 Å². The van der Waals surface area contributed by atoms with Gasteiger partial charge in [-0.2, -0.15) is 0 Å². The minimum absolute atomic E-state index is 0.214. The van der Waals surface area contributed by atoms with Crippen LogP contribution in [0.3, 0.4) is 0 Å². The van der Waals surface area contributed by atoms with E-state index in [0.717, 1.165) is 24.8 Å². The number of benzene rings is 1. The summed E-state index contributed by atoms with van der Waals surface area (Å²) in [6.45, 7) is 3.87. The van der Waals surface area contributed by atoms with Gasteiger partial charge in [0.05, 0.1) is 0 Å². The normalized spacial score (nSPS) is 25.6. The summed E-state index contributed by atoms with van der Waals surface area (Å²) in [5, 5.41) is 0. The maximum absolute atomic E-state index is 12.7. The molecule has 1 aromatic carbocycles. The van der Waals surface area contributed by atoms with Crippen molar-refractivity contribution in [3.05, 3.63) is 57.7 Å². The summed E-state index contributed by atoms with van der Waals surface area (Å²) in [5.41, 5.74) is 2.48. The maximum Gasteiger partial charge on any atom is 0.233 e. The molecule has 0 heterocycles. The summed E-state index contributed by atoms with van der Waals surface area (Å²) in [6, 6.07) is 3.11. The molecule has 3 aliphatic rings. The van der Waals surface area contributed by atoms with Crippen LogP contribution in [0.1, 0.15) is 69.7 Å². The average Bonchev–Trinajstić information content (AvgIpc) is 2.55. The standard InChI is InChI=1S/C20H16O4/c1-10-4-3-7-20(2)14-9-12-11(15(21)5-6-16(12)22)8-13(14)18(23)19(24)17(10)20/h5-6,8-9H,3-4,7H2,1-2H3. The number of ketones is 4. The van der Waals surface area contributed by atoms with Crippen LogP contribution in [0.4, 0.5) is 0 Å². The molecule has 1 unspecified atom stereocenters. The lowest BCUT2D eigenvalue weighted by molar-refractivity contribution is -0.112. The van der Waals surface area contributed by atoms with Gasteiger partial charge >= 0.3 is 0 Å². The number of rotatable bonds is 0. The molecule has 3 aliphatic carbocycles. The molecular weight excluding hydrogens is 304 g/mol. The van der Waals surface area contributed by atoms with Gasteiger partial charge in [-0.15, -0.1) is 0 Å². The summed E-state index contributed by atoms with van der Waals surface area (Å²) in [5.74, 6) is -1.58. The number of carbonyl (C=O) groups excluding carboxylic acids is 4. The van der Waals surface area contributed by atoms with Crippen LogP contribution in [0.5, 0.6) is 0 Å². The molecule has 0 bridgehead atoms. The molecule has 120 valence electrons. The lowest BCUT2D eigenvalue weighted by atomic mass is 9.60. The van der Waals surface area contributed by atoms with Crippen molar-refractivity contribution < 1.29 is 19.2 Å². The van der Waals surface area contributed by atoms with Crippen LogP contribution in [0.15, 0.2) is 35.4 Å². The van der Waals surface area contributed by atoms with E-state index in [1.807, 2.05) is 13.8 Å². The van der Waals surface area contributed by atoms with Gasteiger partial charge in [0.15, 0.2) is 11.6 Å². The quantitative estimate of drug-likeness (QED) is 0.689. The Morgan fingerprint density at radius 1 is 0.875 bits per heavy atom. The molecule has 1 atom stereocenters. The van der Waals surface area contributed by atoms with Crippen LogP contribution in [0.25, 0.3) is 0 Å². The van der Waals surface area contributed by atoms with E-state index in [9.17, 15) is 19.2 Å². The Hall–Kier alpha value is -2.62. The van der Waals surface area contributed by atoms with Crippen molar-refractivity contribution in [2.24, 2.45) is 0 Å². The lowest BCUT2D eigenvalue weighted by Crippen LogP contribution is -2.42. The van der Waals surface area contributed by atoms with E-state index < -0.39 is 17.0 Å². The molecule has 0 saturated heterocycles. The monoisotopic (exact) mass is 320 g/mol. The fraction of sp³-hybridized carbons (Fsp3) is 0.300. The summed E-state index contributed by atoms with van der Waals surface area (Å²) < 4.78 is 0. The highest BCUT2D eigenvalue weighted by Crippen LogP contribution is 2.48. The number of hydrogen-bond acceptors (Lipinski definition) is 4. The van der Waals surface area contributed by atoms with Gasteiger partial charge in [0.2, 0.25) is 11.6 Å². The zero-order valence-electron chi connectivity index (χ0n) is 13.6. The van der Waals surface area contributed by atoms with Gasteiger partial charge in [0.25, 0.3) is 0 Å². The van der Waals surface area contributed by atoms with Gasteiger partial charge in [0, 0.05) is 27.7 Å². The number of Topliss-reactive ketones (excluding diaryl/α,β-unsaturated/α-hetero) is 2. The second kappa shape index (κ2) is 4.69. The van der Waals surface area contributed by atoms with E-state index in [1.54, 1.807) is 6.07 Å². The third-order valence-electron chi connectivity index (χ3n) is 5.55. The smallest absolute Gasteiger partial charge is 0.233 e. The molecule has 0 radical (unpaired) electrons. The number of allylic oxidation sites excluding steroid dienone is 4. The third kappa shape index (κ3) is 1.74. The zero-order chi connectivity index (χ0) is 17.2. The molecule has 4 heteroatoms. The van der Waals surface area contributed by atoms with Gasteiger partial charge in [-0.1, -0.05) is 12.5 Å². The topological polar surface area (TPSA) is 68.3 Å². The summed E-state index contributed by atoms with van der Waals surface area (Å²) in [4.78, 5) is 49.6. The minimum Gasteiger partial charge on any atom is -0.289 e. The Morgan fingerprint density at radius 2 is 1.50 bits per heavy atom. The van der Waals surface area contributed by atoms with Crippen LogP contribution in [-0.4, -0.2) is 23.1 Å². The summed E-state index contributed by atoms with van der Waals surface area (Å²) in [7, 11) is 0. The van der Waals surface area contributed by atoms with Crippen LogP contribution in [-0.2, 0) is 10.2 Å². The summed E-state index contributed by atoms with van der Waals surface area (Å²) >= 11 is 0. The van der Waals surface area contributed by atoms with E-state index >= 15 is 0 Å². The van der Waals surface area contributed by atoms with Crippen molar-refractivity contribution in [3.8, 4) is 0 Å². The first-order valence-corrected chi connectivity index (χ1v) is 8.09. The van der Waals surface area contributed by atoms with Gasteiger partial charge in [0.1, 0.15) is 0 Å². The van der Waals surface area contributed by atoms with Gasteiger partial charge < -0.3 is 0 Å². The minimum atomic E-state index is -0.573. The van der Waals surface area contributed by atoms with Crippen LogP contribution < -0.4 is 0 Å². The first-order valence-electron chi connectivity index (χ1n) is 8.09. The van der Waals surface area contributed by atoms with Crippen LogP contribution in [0.2, 0.25) is 0 Å². The Morgan fingerprint density at radius 3 is 2.17 bits per heavy atom. The Labute approximate surface area is 139 Å². The van der Waals surface area contributed by atoms with E-state index in [1.165, 1.54) is 18.2 Å². The number of fused-ring (bicyclic) bond motifs is 4. The van der Waals surface area contributed by atoms with E-state index in [0.29, 0.717) is 16.7 Å². The van der Waals surface area contributed by atoms with Crippen LogP contribution >= 0.6 is 0 Å². The molecule has 4 nitrogen and oxygen atoms in total. The average molecular weight is 320 g/mol. The predicted molar refractivity (Wildman–Crippen MR) is 87.5 cm³/mol. The molecule has 0 saturated carbocycles. The van der Waals surface area contributed by atoms with E-state index in [2.05, 4.69) is 0 Å². The number of carbonyl (C=O) groups is 4. The maximum atomic E-state index is 12.7. The van der Waals surface area contributed by atoms with Crippen molar-refractivity contribution in [2.45, 2.75) is 38.5 Å². The predicted octanol–water partition coefficient (Wildman–Crippen LogP) is 3.15. The fourth-order valence-corrected chi connectivity index (χ4v) is 4.36. The van der Waals surface area contributed by atoms with Crippen molar-refractivity contribution >= 4 is 23.1 Å². The first-order chi connectivity index (χ1) is 11.3. The Balaban J connectivity index is 2.07. The largest absolute Gasteiger partial charge is 0.289 e. The molecule has 0 aliphatic heterocycles. The molecular formula is C20H16O4. The zero-order valence-corrected chi connectivity index (χ0v) is 13.6. The molecule has 24 heavy (non-hydrogen) atoms. The molecule has 0 aromatic heterocycles. The highest BCUT2D eigenvalue weighted by molar-refractivity contribution is 6.51. The molecule has 0 spiro atoms.